The fourth-order valence-corrected chi connectivity index (χ4v) is 2.36. The van der Waals surface area contributed by atoms with E-state index >= 15 is 0 Å². The number of para-hydroxylation sites is 1. The first-order valence-corrected chi connectivity index (χ1v) is 6.74. The van der Waals surface area contributed by atoms with Crippen LogP contribution in [0, 0.1) is 5.82 Å². The van der Waals surface area contributed by atoms with Crippen LogP contribution in [0.4, 0.5) is 4.39 Å². The number of amides is 2. The van der Waals surface area contributed by atoms with Gasteiger partial charge in [-0.15, -0.1) is 0 Å². The molecule has 0 saturated carbocycles. The van der Waals surface area contributed by atoms with Crippen molar-refractivity contribution < 1.29 is 14.0 Å². The molecule has 22 heavy (non-hydrogen) atoms. The molecule has 0 unspecified atom stereocenters. The molecule has 8 heteroatoms. The van der Waals surface area contributed by atoms with Gasteiger partial charge in [-0.05, 0) is 12.1 Å². The summed E-state index contributed by atoms with van der Waals surface area (Å²) in [6.45, 7) is 0.532. The van der Waals surface area contributed by atoms with Crippen molar-refractivity contribution in [3.05, 3.63) is 40.7 Å². The van der Waals surface area contributed by atoms with E-state index < -0.39 is 11.4 Å². The van der Waals surface area contributed by atoms with Crippen LogP contribution in [0.15, 0.2) is 29.3 Å². The monoisotopic (exact) mass is 304 g/mol. The highest BCUT2D eigenvalue weighted by atomic mass is 19.1. The van der Waals surface area contributed by atoms with Gasteiger partial charge in [-0.3, -0.25) is 19.0 Å². The van der Waals surface area contributed by atoms with Gasteiger partial charge in [0, 0.05) is 13.1 Å². The van der Waals surface area contributed by atoms with E-state index in [2.05, 4.69) is 10.3 Å². The molecule has 0 bridgehead atoms. The number of halogens is 1. The third-order valence-electron chi connectivity index (χ3n) is 3.50. The maximum Gasteiger partial charge on any atom is 0.261 e. The standard InChI is InChI=1S/C14H13FN4O3/c15-10-3-1-2-9-13(10)17-8-19(14(9)22)7-12(21)18-5-4-16-11(20)6-18/h1-3,8H,4-7H2,(H,16,20). The van der Waals surface area contributed by atoms with Crippen LogP contribution in [-0.2, 0) is 16.1 Å². The Balaban J connectivity index is 1.88. The van der Waals surface area contributed by atoms with Crippen molar-refractivity contribution >= 4 is 22.7 Å². The third kappa shape index (κ3) is 2.54. The molecule has 2 amide bonds. The van der Waals surface area contributed by atoms with Crippen molar-refractivity contribution in [1.29, 1.82) is 0 Å². The Morgan fingerprint density at radius 3 is 2.95 bits per heavy atom. The number of benzene rings is 1. The van der Waals surface area contributed by atoms with Crippen molar-refractivity contribution in [3.8, 4) is 0 Å². The molecule has 2 heterocycles. The van der Waals surface area contributed by atoms with E-state index in [4.69, 9.17) is 0 Å². The lowest BCUT2D eigenvalue weighted by molar-refractivity contribution is -0.138. The number of fused-ring (bicyclic) bond motifs is 1. The van der Waals surface area contributed by atoms with Crippen LogP contribution in [0.25, 0.3) is 10.9 Å². The topological polar surface area (TPSA) is 84.3 Å². The van der Waals surface area contributed by atoms with Gasteiger partial charge in [0.2, 0.25) is 11.8 Å². The summed E-state index contributed by atoms with van der Waals surface area (Å²) in [7, 11) is 0. The van der Waals surface area contributed by atoms with Crippen LogP contribution >= 0.6 is 0 Å². The number of rotatable bonds is 2. The minimum atomic E-state index is -0.583. The Kier molecular flexibility index (Phi) is 3.58. The predicted octanol–water partition coefficient (Wildman–Crippen LogP) is -0.506. The van der Waals surface area contributed by atoms with E-state index in [9.17, 15) is 18.8 Å². The summed E-state index contributed by atoms with van der Waals surface area (Å²) in [6.07, 6.45) is 1.15. The van der Waals surface area contributed by atoms with Crippen LogP contribution < -0.4 is 10.9 Å². The molecule has 0 atom stereocenters. The normalized spacial score (nSPS) is 15.0. The zero-order valence-corrected chi connectivity index (χ0v) is 11.6. The van der Waals surface area contributed by atoms with Gasteiger partial charge in [0.1, 0.15) is 17.9 Å². The summed E-state index contributed by atoms with van der Waals surface area (Å²) in [6, 6.07) is 4.10. The molecule has 1 aromatic carbocycles. The molecule has 1 saturated heterocycles. The number of nitrogens with zero attached hydrogens (tertiary/aromatic N) is 3. The van der Waals surface area contributed by atoms with Gasteiger partial charge in [-0.1, -0.05) is 6.07 Å². The molecule has 0 spiro atoms. The second kappa shape index (κ2) is 5.55. The fraction of sp³-hybridized carbons (Fsp3) is 0.286. The molecular formula is C14H13FN4O3. The van der Waals surface area contributed by atoms with Crippen LogP contribution in [-0.4, -0.2) is 45.9 Å². The van der Waals surface area contributed by atoms with Crippen LogP contribution in [0.5, 0.6) is 0 Å². The lowest BCUT2D eigenvalue weighted by atomic mass is 10.2. The van der Waals surface area contributed by atoms with Crippen molar-refractivity contribution in [2.45, 2.75) is 6.54 Å². The van der Waals surface area contributed by atoms with Crippen LogP contribution in [0.2, 0.25) is 0 Å². The maximum atomic E-state index is 13.6. The summed E-state index contributed by atoms with van der Waals surface area (Å²) >= 11 is 0. The van der Waals surface area contributed by atoms with Gasteiger partial charge >= 0.3 is 0 Å². The minimum Gasteiger partial charge on any atom is -0.353 e. The second-order valence-electron chi connectivity index (χ2n) is 4.98. The summed E-state index contributed by atoms with van der Waals surface area (Å²) in [4.78, 5) is 41.0. The number of piperazine rings is 1. The molecule has 2 aromatic rings. The number of carbonyl (C=O) groups excluding carboxylic acids is 2. The van der Waals surface area contributed by atoms with E-state index in [1.807, 2.05) is 0 Å². The molecule has 1 N–H and O–H groups in total. The van der Waals surface area contributed by atoms with Crippen molar-refractivity contribution in [2.75, 3.05) is 19.6 Å². The first-order valence-electron chi connectivity index (χ1n) is 6.74. The molecule has 1 aliphatic heterocycles. The van der Waals surface area contributed by atoms with E-state index in [0.29, 0.717) is 13.1 Å². The van der Waals surface area contributed by atoms with Gasteiger partial charge in [0.15, 0.2) is 0 Å². The summed E-state index contributed by atoms with van der Waals surface area (Å²) < 4.78 is 14.7. The lowest BCUT2D eigenvalue weighted by Crippen LogP contribution is -2.51. The highest BCUT2D eigenvalue weighted by molar-refractivity contribution is 5.86. The first-order chi connectivity index (χ1) is 10.6. The molecular weight excluding hydrogens is 291 g/mol. The number of nitrogens with one attached hydrogen (secondary N) is 1. The fourth-order valence-electron chi connectivity index (χ4n) is 2.36. The first kappa shape index (κ1) is 14.2. The summed E-state index contributed by atoms with van der Waals surface area (Å²) in [5.41, 5.74) is -0.507. The van der Waals surface area contributed by atoms with Gasteiger partial charge in [0.25, 0.3) is 5.56 Å². The van der Waals surface area contributed by atoms with Crippen LogP contribution in [0.3, 0.4) is 0 Å². The van der Waals surface area contributed by atoms with E-state index in [1.165, 1.54) is 23.1 Å². The quantitative estimate of drug-likeness (QED) is 0.810. The molecule has 1 fully saturated rings. The molecule has 1 aromatic heterocycles. The Morgan fingerprint density at radius 2 is 2.18 bits per heavy atom. The van der Waals surface area contributed by atoms with Gasteiger partial charge < -0.3 is 10.2 Å². The van der Waals surface area contributed by atoms with E-state index in [1.54, 1.807) is 0 Å². The predicted molar refractivity (Wildman–Crippen MR) is 75.6 cm³/mol. The Labute approximate surface area is 124 Å². The Bertz CT molecular complexity index is 817. The molecule has 0 radical (unpaired) electrons. The molecule has 3 rings (SSSR count). The average molecular weight is 304 g/mol. The van der Waals surface area contributed by atoms with Crippen molar-refractivity contribution in [2.24, 2.45) is 0 Å². The molecule has 7 nitrogen and oxygen atoms in total. The lowest BCUT2D eigenvalue weighted by Gasteiger charge is -2.26. The molecule has 114 valence electrons. The summed E-state index contributed by atoms with van der Waals surface area (Å²) in [5.74, 6) is -1.17. The highest BCUT2D eigenvalue weighted by Crippen LogP contribution is 2.10. The third-order valence-corrected chi connectivity index (χ3v) is 3.50. The SMILES string of the molecule is O=C1CN(C(=O)Cn2cnc3c(F)cccc3c2=O)CCN1. The van der Waals surface area contributed by atoms with Gasteiger partial charge in [-0.2, -0.15) is 0 Å². The van der Waals surface area contributed by atoms with Gasteiger partial charge in [0.05, 0.1) is 18.3 Å². The Morgan fingerprint density at radius 1 is 1.36 bits per heavy atom. The zero-order valence-electron chi connectivity index (χ0n) is 11.6. The number of hydrogen-bond acceptors (Lipinski definition) is 4. The number of hydrogen-bond donors (Lipinski definition) is 1. The van der Waals surface area contributed by atoms with E-state index in [0.717, 1.165) is 10.9 Å². The number of carbonyl (C=O) groups is 2. The highest BCUT2D eigenvalue weighted by Gasteiger charge is 2.21. The van der Waals surface area contributed by atoms with Crippen molar-refractivity contribution in [3.63, 3.8) is 0 Å². The maximum absolute atomic E-state index is 13.6. The second-order valence-corrected chi connectivity index (χ2v) is 4.98. The minimum absolute atomic E-state index is 0.0199. The zero-order chi connectivity index (χ0) is 15.7. The smallest absolute Gasteiger partial charge is 0.261 e. The molecule has 1 aliphatic rings. The average Bonchev–Trinajstić information content (AvgIpc) is 2.50. The largest absolute Gasteiger partial charge is 0.353 e. The van der Waals surface area contributed by atoms with Crippen LogP contribution in [0.1, 0.15) is 0 Å². The van der Waals surface area contributed by atoms with Crippen molar-refractivity contribution in [1.82, 2.24) is 19.8 Å². The van der Waals surface area contributed by atoms with E-state index in [-0.39, 0.29) is 35.8 Å². The molecule has 0 aliphatic carbocycles. The van der Waals surface area contributed by atoms with Gasteiger partial charge in [-0.25, -0.2) is 9.37 Å². The summed E-state index contributed by atoms with van der Waals surface area (Å²) in [5, 5.41) is 2.73. The Hall–Kier alpha value is -2.77. The number of aromatic nitrogens is 2.